The fourth-order valence-corrected chi connectivity index (χ4v) is 4.21. The quantitative estimate of drug-likeness (QED) is 0.798. The third kappa shape index (κ3) is 3.47. The molecule has 3 nitrogen and oxygen atoms in total. The highest BCUT2D eigenvalue weighted by molar-refractivity contribution is 5.15. The van der Waals surface area contributed by atoms with Crippen molar-refractivity contribution >= 4 is 0 Å². The molecule has 2 aliphatic carbocycles. The first kappa shape index (κ1) is 15.0. The molecule has 0 aromatic heterocycles. The van der Waals surface area contributed by atoms with Crippen LogP contribution < -0.4 is 5.32 Å². The molecule has 0 heterocycles. The van der Waals surface area contributed by atoms with Crippen molar-refractivity contribution < 1.29 is 10.2 Å². The second kappa shape index (κ2) is 6.91. The summed E-state index contributed by atoms with van der Waals surface area (Å²) >= 11 is 0. The summed E-state index contributed by atoms with van der Waals surface area (Å²) in [6.07, 6.45) is 6.03. The van der Waals surface area contributed by atoms with Gasteiger partial charge in [-0.15, -0.1) is 0 Å². The summed E-state index contributed by atoms with van der Waals surface area (Å²) in [5, 5.41) is 23.9. The first-order chi connectivity index (χ1) is 10.3. The number of nitrogens with one attached hydrogen (secondary N) is 1. The van der Waals surface area contributed by atoms with Crippen molar-refractivity contribution in [2.45, 2.75) is 63.3 Å². The lowest BCUT2D eigenvalue weighted by Crippen LogP contribution is -2.44. The van der Waals surface area contributed by atoms with Gasteiger partial charge >= 0.3 is 0 Å². The molecule has 4 unspecified atom stereocenters. The highest BCUT2D eigenvalue weighted by atomic mass is 16.3. The van der Waals surface area contributed by atoms with Gasteiger partial charge in [-0.1, -0.05) is 62.4 Å². The highest BCUT2D eigenvalue weighted by Crippen LogP contribution is 2.39. The highest BCUT2D eigenvalue weighted by Gasteiger charge is 2.44. The summed E-state index contributed by atoms with van der Waals surface area (Å²) in [6, 6.07) is 10.3. The van der Waals surface area contributed by atoms with Crippen molar-refractivity contribution in [3.8, 4) is 0 Å². The van der Waals surface area contributed by atoms with Gasteiger partial charge in [0, 0.05) is 12.6 Å². The number of rotatable bonds is 4. The van der Waals surface area contributed by atoms with E-state index < -0.39 is 12.2 Å². The van der Waals surface area contributed by atoms with Crippen molar-refractivity contribution in [3.05, 3.63) is 35.9 Å². The van der Waals surface area contributed by atoms with Gasteiger partial charge in [0.2, 0.25) is 0 Å². The zero-order chi connectivity index (χ0) is 14.7. The van der Waals surface area contributed by atoms with E-state index in [1.165, 1.54) is 37.7 Å². The van der Waals surface area contributed by atoms with Crippen molar-refractivity contribution in [1.82, 2.24) is 5.32 Å². The largest absolute Gasteiger partial charge is 0.390 e. The maximum absolute atomic E-state index is 10.3. The van der Waals surface area contributed by atoms with Crippen molar-refractivity contribution in [2.24, 2.45) is 11.8 Å². The molecule has 1 aromatic rings. The van der Waals surface area contributed by atoms with Gasteiger partial charge in [-0.3, -0.25) is 0 Å². The van der Waals surface area contributed by atoms with E-state index in [9.17, 15) is 10.2 Å². The topological polar surface area (TPSA) is 52.5 Å². The summed E-state index contributed by atoms with van der Waals surface area (Å²) in [5.41, 5.74) is 1.23. The molecule has 1 aromatic carbocycles. The van der Waals surface area contributed by atoms with Gasteiger partial charge in [0.1, 0.15) is 0 Å². The summed E-state index contributed by atoms with van der Waals surface area (Å²) in [6.45, 7) is 0.762. The molecule has 4 atom stereocenters. The summed E-state index contributed by atoms with van der Waals surface area (Å²) in [4.78, 5) is 0. The minimum absolute atomic E-state index is 0.0308. The average molecular weight is 289 g/mol. The van der Waals surface area contributed by atoms with Crippen molar-refractivity contribution in [2.75, 3.05) is 0 Å². The van der Waals surface area contributed by atoms with Gasteiger partial charge in [-0.25, -0.2) is 0 Å². The minimum Gasteiger partial charge on any atom is -0.390 e. The molecule has 2 fully saturated rings. The Morgan fingerprint density at radius 3 is 2.43 bits per heavy atom. The number of benzene rings is 1. The van der Waals surface area contributed by atoms with Gasteiger partial charge in [0.15, 0.2) is 0 Å². The molecule has 0 radical (unpaired) electrons. The molecule has 2 aliphatic rings. The van der Waals surface area contributed by atoms with Crippen LogP contribution in [0.3, 0.4) is 0 Å². The Morgan fingerprint density at radius 1 is 1.00 bits per heavy atom. The van der Waals surface area contributed by atoms with Crippen LogP contribution in [0.4, 0.5) is 0 Å². The van der Waals surface area contributed by atoms with Gasteiger partial charge in [0.05, 0.1) is 12.2 Å². The van der Waals surface area contributed by atoms with Crippen LogP contribution in [0.2, 0.25) is 0 Å². The molecule has 2 saturated carbocycles. The molecule has 0 aliphatic heterocycles. The Bertz CT molecular complexity index is 430. The zero-order valence-electron chi connectivity index (χ0n) is 12.6. The van der Waals surface area contributed by atoms with Crippen LogP contribution in [-0.4, -0.2) is 28.5 Å². The third-order valence-electron chi connectivity index (χ3n) is 5.38. The Balaban J connectivity index is 1.64. The molecule has 0 spiro atoms. The van der Waals surface area contributed by atoms with Crippen LogP contribution in [0, 0.1) is 11.8 Å². The predicted molar refractivity (Wildman–Crippen MR) is 83.8 cm³/mol. The molecular formula is C18H27NO2. The summed E-state index contributed by atoms with van der Waals surface area (Å²) in [5.74, 6) is 1.08. The molecule has 0 amide bonds. The SMILES string of the molecule is OC1CC(C2CCCCC2)C(NCc2ccccc2)C1O. The van der Waals surface area contributed by atoms with E-state index in [2.05, 4.69) is 17.4 Å². The standard InChI is InChI=1S/C18H27NO2/c20-16-11-15(14-9-5-2-6-10-14)17(18(16)21)19-12-13-7-3-1-4-8-13/h1,3-4,7-8,14-21H,2,5-6,9-12H2. The Morgan fingerprint density at radius 2 is 1.71 bits per heavy atom. The lowest BCUT2D eigenvalue weighted by atomic mass is 9.77. The zero-order valence-corrected chi connectivity index (χ0v) is 12.6. The van der Waals surface area contributed by atoms with Crippen LogP contribution in [0.25, 0.3) is 0 Å². The fourth-order valence-electron chi connectivity index (χ4n) is 4.21. The lowest BCUT2D eigenvalue weighted by Gasteiger charge is -2.32. The Kier molecular flexibility index (Phi) is 4.94. The number of aliphatic hydroxyl groups is 2. The number of aliphatic hydroxyl groups excluding tert-OH is 2. The maximum atomic E-state index is 10.3. The molecule has 3 N–H and O–H groups in total. The fraction of sp³-hybridized carbons (Fsp3) is 0.667. The smallest absolute Gasteiger partial charge is 0.0954 e. The molecule has 116 valence electrons. The van der Waals surface area contributed by atoms with Crippen LogP contribution in [-0.2, 0) is 6.54 Å². The van der Waals surface area contributed by atoms with E-state index in [0.29, 0.717) is 11.8 Å². The molecular weight excluding hydrogens is 262 g/mol. The monoisotopic (exact) mass is 289 g/mol. The van der Waals surface area contributed by atoms with E-state index in [1.54, 1.807) is 0 Å². The molecule has 3 heteroatoms. The van der Waals surface area contributed by atoms with E-state index in [0.717, 1.165) is 13.0 Å². The number of hydrogen-bond acceptors (Lipinski definition) is 3. The van der Waals surface area contributed by atoms with Gasteiger partial charge in [-0.2, -0.15) is 0 Å². The van der Waals surface area contributed by atoms with E-state index in [1.807, 2.05) is 18.2 Å². The van der Waals surface area contributed by atoms with Crippen molar-refractivity contribution in [1.29, 1.82) is 0 Å². The molecule has 0 bridgehead atoms. The second-order valence-electron chi connectivity index (χ2n) is 6.75. The Hall–Kier alpha value is -0.900. The van der Waals surface area contributed by atoms with Crippen LogP contribution in [0.15, 0.2) is 30.3 Å². The normalized spacial score (nSPS) is 34.2. The summed E-state index contributed by atoms with van der Waals surface area (Å²) < 4.78 is 0. The van der Waals surface area contributed by atoms with Crippen molar-refractivity contribution in [3.63, 3.8) is 0 Å². The van der Waals surface area contributed by atoms with Gasteiger partial charge in [0.25, 0.3) is 0 Å². The number of hydrogen-bond donors (Lipinski definition) is 3. The minimum atomic E-state index is -0.624. The second-order valence-corrected chi connectivity index (χ2v) is 6.75. The molecule has 3 rings (SSSR count). The first-order valence-corrected chi connectivity index (χ1v) is 8.39. The van der Waals surface area contributed by atoms with Crippen LogP contribution in [0.5, 0.6) is 0 Å². The summed E-state index contributed by atoms with van der Waals surface area (Å²) in [7, 11) is 0. The Labute approximate surface area is 127 Å². The van der Waals surface area contributed by atoms with Gasteiger partial charge < -0.3 is 15.5 Å². The van der Waals surface area contributed by atoms with E-state index in [4.69, 9.17) is 0 Å². The van der Waals surface area contributed by atoms with Gasteiger partial charge in [-0.05, 0) is 23.8 Å². The van der Waals surface area contributed by atoms with E-state index >= 15 is 0 Å². The lowest BCUT2D eigenvalue weighted by molar-refractivity contribution is 0.0287. The maximum Gasteiger partial charge on any atom is 0.0954 e. The van der Waals surface area contributed by atoms with E-state index in [-0.39, 0.29) is 6.04 Å². The van der Waals surface area contributed by atoms with Crippen LogP contribution in [0.1, 0.15) is 44.1 Å². The molecule has 0 saturated heterocycles. The predicted octanol–water partition coefficient (Wildman–Crippen LogP) is 2.47. The average Bonchev–Trinajstić information content (AvgIpc) is 2.82. The third-order valence-corrected chi connectivity index (χ3v) is 5.38. The first-order valence-electron chi connectivity index (χ1n) is 8.39. The molecule has 21 heavy (non-hydrogen) atoms. The van der Waals surface area contributed by atoms with Crippen LogP contribution >= 0.6 is 0 Å².